The van der Waals surface area contributed by atoms with Gasteiger partial charge in [0.05, 0.1) is 5.75 Å². The van der Waals surface area contributed by atoms with Crippen LogP contribution in [0.5, 0.6) is 5.75 Å². The van der Waals surface area contributed by atoms with E-state index in [0.29, 0.717) is 28.3 Å². The quantitative estimate of drug-likeness (QED) is 0.516. The lowest BCUT2D eigenvalue weighted by Gasteiger charge is -2.10. The number of thioether (sulfide) groups is 1. The predicted octanol–water partition coefficient (Wildman–Crippen LogP) is 4.88. The molecule has 0 aliphatic heterocycles. The van der Waals surface area contributed by atoms with E-state index in [-0.39, 0.29) is 18.3 Å². The average Bonchev–Trinajstić information content (AvgIpc) is 3.10. The fourth-order valence-corrected chi connectivity index (χ4v) is 3.66. The van der Waals surface area contributed by atoms with Gasteiger partial charge in [-0.25, -0.2) is 0 Å². The molecule has 0 aliphatic rings. The van der Waals surface area contributed by atoms with Gasteiger partial charge < -0.3 is 14.6 Å². The van der Waals surface area contributed by atoms with Crippen molar-refractivity contribution in [3.63, 3.8) is 0 Å². The van der Waals surface area contributed by atoms with Crippen LogP contribution >= 0.6 is 23.4 Å². The smallest absolute Gasteiger partial charge is 0.234 e. The third-order valence-electron chi connectivity index (χ3n) is 4.29. The summed E-state index contributed by atoms with van der Waals surface area (Å²) in [6.07, 6.45) is 0. The summed E-state index contributed by atoms with van der Waals surface area (Å²) in [7, 11) is 0. The number of rotatable bonds is 8. The summed E-state index contributed by atoms with van der Waals surface area (Å²) < 4.78 is 7.71. The molecule has 0 atom stereocenters. The Labute approximate surface area is 179 Å². The van der Waals surface area contributed by atoms with Crippen LogP contribution in [0.25, 0.3) is 0 Å². The van der Waals surface area contributed by atoms with Crippen LogP contribution in [0.4, 0.5) is 5.69 Å². The van der Waals surface area contributed by atoms with Crippen molar-refractivity contribution < 1.29 is 9.53 Å². The number of carbonyl (C=O) groups is 1. The van der Waals surface area contributed by atoms with Crippen molar-refractivity contribution in [1.82, 2.24) is 14.8 Å². The first kappa shape index (κ1) is 21.2. The number of benzene rings is 2. The molecule has 6 nitrogen and oxygen atoms in total. The van der Waals surface area contributed by atoms with Crippen LogP contribution in [0.2, 0.25) is 5.02 Å². The van der Waals surface area contributed by atoms with Gasteiger partial charge in [-0.05, 0) is 62.2 Å². The number of halogens is 1. The maximum absolute atomic E-state index is 12.4. The predicted molar refractivity (Wildman–Crippen MR) is 117 cm³/mol. The van der Waals surface area contributed by atoms with Gasteiger partial charge in [-0.15, -0.1) is 10.2 Å². The highest BCUT2D eigenvalue weighted by atomic mass is 35.5. The minimum absolute atomic E-state index is 0.0756. The molecule has 1 heterocycles. The summed E-state index contributed by atoms with van der Waals surface area (Å²) in [5.74, 6) is 1.60. The Kier molecular flexibility index (Phi) is 7.17. The van der Waals surface area contributed by atoms with Crippen LogP contribution in [0.3, 0.4) is 0 Å². The maximum atomic E-state index is 12.4. The highest BCUT2D eigenvalue weighted by Gasteiger charge is 2.14. The number of nitrogens with zero attached hydrogens (tertiary/aromatic N) is 3. The van der Waals surface area contributed by atoms with E-state index in [1.807, 2.05) is 55.7 Å². The maximum Gasteiger partial charge on any atom is 0.234 e. The molecule has 1 N–H and O–H groups in total. The number of nitrogens with one attached hydrogen (secondary N) is 1. The van der Waals surface area contributed by atoms with Crippen molar-refractivity contribution >= 4 is 35.0 Å². The van der Waals surface area contributed by atoms with Gasteiger partial charge in [0.1, 0.15) is 12.4 Å². The molecular formula is C21H23ClN4O2S. The number of carbonyl (C=O) groups excluding carboxylic acids is 1. The highest BCUT2D eigenvalue weighted by molar-refractivity contribution is 7.99. The molecule has 0 radical (unpaired) electrons. The first-order valence-electron chi connectivity index (χ1n) is 9.26. The zero-order valence-corrected chi connectivity index (χ0v) is 18.2. The molecule has 0 saturated heterocycles. The molecular weight excluding hydrogens is 408 g/mol. The average molecular weight is 431 g/mol. The zero-order chi connectivity index (χ0) is 20.8. The van der Waals surface area contributed by atoms with Crippen molar-refractivity contribution in [3.05, 3.63) is 64.4 Å². The largest absolute Gasteiger partial charge is 0.486 e. The topological polar surface area (TPSA) is 69.0 Å². The molecule has 1 aromatic heterocycles. The molecule has 0 bridgehead atoms. The van der Waals surface area contributed by atoms with E-state index in [0.717, 1.165) is 16.8 Å². The number of hydrogen-bond acceptors (Lipinski definition) is 5. The van der Waals surface area contributed by atoms with Crippen LogP contribution in [0.1, 0.15) is 23.9 Å². The lowest BCUT2D eigenvalue weighted by molar-refractivity contribution is -0.113. The lowest BCUT2D eigenvalue weighted by atomic mass is 10.1. The van der Waals surface area contributed by atoms with Crippen molar-refractivity contribution in [3.8, 4) is 5.75 Å². The van der Waals surface area contributed by atoms with Crippen LogP contribution in [0, 0.1) is 13.8 Å². The molecule has 0 aliphatic carbocycles. The lowest BCUT2D eigenvalue weighted by Crippen LogP contribution is -2.15. The number of ether oxygens (including phenoxy) is 1. The molecule has 3 aromatic rings. The summed E-state index contributed by atoms with van der Waals surface area (Å²) in [6.45, 7) is 6.96. The Balaban J connectivity index is 1.58. The van der Waals surface area contributed by atoms with E-state index >= 15 is 0 Å². The Morgan fingerprint density at radius 1 is 1.17 bits per heavy atom. The van der Waals surface area contributed by atoms with Gasteiger partial charge in [0.15, 0.2) is 11.0 Å². The highest BCUT2D eigenvalue weighted by Crippen LogP contribution is 2.21. The second-order valence-electron chi connectivity index (χ2n) is 6.54. The summed E-state index contributed by atoms with van der Waals surface area (Å²) >= 11 is 7.25. The molecule has 152 valence electrons. The molecule has 0 spiro atoms. The van der Waals surface area contributed by atoms with E-state index in [2.05, 4.69) is 15.5 Å². The second kappa shape index (κ2) is 9.80. The van der Waals surface area contributed by atoms with Crippen molar-refractivity contribution in [2.75, 3.05) is 11.1 Å². The second-order valence-corrected chi connectivity index (χ2v) is 7.92. The van der Waals surface area contributed by atoms with Crippen molar-refractivity contribution in [1.29, 1.82) is 0 Å². The van der Waals surface area contributed by atoms with Crippen LogP contribution < -0.4 is 10.1 Å². The summed E-state index contributed by atoms with van der Waals surface area (Å²) in [6, 6.07) is 13.2. The number of anilines is 1. The van der Waals surface area contributed by atoms with E-state index in [1.54, 1.807) is 12.1 Å². The summed E-state index contributed by atoms with van der Waals surface area (Å²) in [5, 5.41) is 12.8. The Morgan fingerprint density at radius 2 is 1.93 bits per heavy atom. The number of aryl methyl sites for hydroxylation is 2. The van der Waals surface area contributed by atoms with Gasteiger partial charge in [-0.3, -0.25) is 4.79 Å². The molecule has 8 heteroatoms. The molecule has 0 unspecified atom stereocenters. The van der Waals surface area contributed by atoms with Gasteiger partial charge in [-0.2, -0.15) is 0 Å². The van der Waals surface area contributed by atoms with Gasteiger partial charge in [0.2, 0.25) is 5.91 Å². The third-order valence-corrected chi connectivity index (χ3v) is 5.51. The van der Waals surface area contributed by atoms with Gasteiger partial charge in [0, 0.05) is 17.3 Å². The first-order chi connectivity index (χ1) is 14.0. The molecule has 0 saturated carbocycles. The van der Waals surface area contributed by atoms with Crippen LogP contribution in [-0.4, -0.2) is 26.4 Å². The molecule has 29 heavy (non-hydrogen) atoms. The molecule has 0 fully saturated rings. The SMILES string of the molecule is CCn1c(COc2ccc(Cl)cc2)nnc1SCC(=O)Nc1cc(C)ccc1C. The minimum Gasteiger partial charge on any atom is -0.486 e. The van der Waals surface area contributed by atoms with Crippen molar-refractivity contribution in [2.24, 2.45) is 0 Å². The van der Waals surface area contributed by atoms with E-state index in [9.17, 15) is 4.79 Å². The third kappa shape index (κ3) is 5.74. The van der Waals surface area contributed by atoms with Gasteiger partial charge >= 0.3 is 0 Å². The molecule has 3 rings (SSSR count). The fourth-order valence-electron chi connectivity index (χ4n) is 2.72. The van der Waals surface area contributed by atoms with Crippen LogP contribution in [0.15, 0.2) is 47.6 Å². The number of amides is 1. The normalized spacial score (nSPS) is 10.8. The van der Waals surface area contributed by atoms with E-state index < -0.39 is 0 Å². The first-order valence-corrected chi connectivity index (χ1v) is 10.6. The molecule has 1 amide bonds. The van der Waals surface area contributed by atoms with Gasteiger partial charge in [0.25, 0.3) is 0 Å². The number of aromatic nitrogens is 3. The number of hydrogen-bond donors (Lipinski definition) is 1. The summed E-state index contributed by atoms with van der Waals surface area (Å²) in [4.78, 5) is 12.4. The van der Waals surface area contributed by atoms with E-state index in [4.69, 9.17) is 16.3 Å². The van der Waals surface area contributed by atoms with Crippen LogP contribution in [-0.2, 0) is 17.9 Å². The fraction of sp³-hybridized carbons (Fsp3) is 0.286. The van der Waals surface area contributed by atoms with Gasteiger partial charge in [-0.1, -0.05) is 35.5 Å². The Bertz CT molecular complexity index is 989. The Hall–Kier alpha value is -2.51. The standard InChI is InChI=1S/C21H23ClN4O2S/c1-4-26-19(12-28-17-9-7-16(22)8-10-17)24-25-21(26)29-13-20(27)23-18-11-14(2)5-6-15(18)3/h5-11H,4,12-13H2,1-3H3,(H,23,27). The summed E-state index contributed by atoms with van der Waals surface area (Å²) in [5.41, 5.74) is 2.98. The van der Waals surface area contributed by atoms with E-state index in [1.165, 1.54) is 11.8 Å². The Morgan fingerprint density at radius 3 is 2.66 bits per heavy atom. The molecule has 2 aromatic carbocycles. The zero-order valence-electron chi connectivity index (χ0n) is 16.6. The van der Waals surface area contributed by atoms with Crippen molar-refractivity contribution in [2.45, 2.75) is 39.1 Å². The monoisotopic (exact) mass is 430 g/mol. The minimum atomic E-state index is -0.0756.